The second-order valence-corrected chi connectivity index (χ2v) is 12.5. The summed E-state index contributed by atoms with van der Waals surface area (Å²) in [6.07, 6.45) is -1.62. The summed E-state index contributed by atoms with van der Waals surface area (Å²) >= 11 is 0. The Balaban J connectivity index is 1.21. The lowest BCUT2D eigenvalue weighted by molar-refractivity contribution is -0.0520. The maximum Gasteiger partial charge on any atom is 0.472 e. The molecule has 2 aliphatic rings. The standard InChI is InChI=1S/C21H28N10O11P2/c1-21(31-8-27-12-15(22)24-6-25-16(12)31)5-38-11(14(21)41-43(34)35)4-39-44(36,37)42-10-2-9(3-32)40-19(10)30-7-26-13-17(30)28-20(23)29-18(13)33/h6-11,14,19,32,43H,2-5H2,1H3,(H,34,35)(H,36,37)(H2,22,24,25)(H3,23,28,29,33)/t9-,10+,11+,14+,19+,21-/m0/s1. The predicted octanol–water partition coefficient (Wildman–Crippen LogP) is -1.21. The third-order valence-corrected chi connectivity index (χ3v) is 8.89. The highest BCUT2D eigenvalue weighted by Crippen LogP contribution is 2.50. The molecular weight excluding hydrogens is 630 g/mol. The Bertz CT molecular complexity index is 1830. The number of phosphoric ester groups is 1. The molecule has 8 atom stereocenters. The van der Waals surface area contributed by atoms with E-state index in [1.54, 1.807) is 11.5 Å². The zero-order valence-corrected chi connectivity index (χ0v) is 24.7. The van der Waals surface area contributed by atoms with Crippen LogP contribution in [0.1, 0.15) is 19.6 Å². The molecule has 23 heteroatoms. The summed E-state index contributed by atoms with van der Waals surface area (Å²) in [5.41, 5.74) is 10.3. The van der Waals surface area contributed by atoms with Crippen molar-refractivity contribution in [2.45, 2.75) is 49.5 Å². The number of hydrogen-bond donors (Lipinski definition) is 6. The smallest absolute Gasteiger partial charge is 0.394 e. The fourth-order valence-corrected chi connectivity index (χ4v) is 6.95. The lowest BCUT2D eigenvalue weighted by atomic mass is 9.94. The average molecular weight is 658 g/mol. The number of phosphoric acid groups is 1. The Hall–Kier alpha value is -3.36. The van der Waals surface area contributed by atoms with Crippen molar-refractivity contribution in [3.8, 4) is 0 Å². The summed E-state index contributed by atoms with van der Waals surface area (Å²) in [6.45, 7) is 0.527. The van der Waals surface area contributed by atoms with Gasteiger partial charge in [0.1, 0.15) is 30.2 Å². The monoisotopic (exact) mass is 658 g/mol. The molecule has 2 saturated heterocycles. The van der Waals surface area contributed by atoms with Gasteiger partial charge in [-0.05, 0) is 6.92 Å². The van der Waals surface area contributed by atoms with E-state index in [0.717, 1.165) is 0 Å². The zero-order chi connectivity index (χ0) is 31.4. The van der Waals surface area contributed by atoms with Gasteiger partial charge in [0, 0.05) is 6.42 Å². The molecule has 4 aromatic heterocycles. The largest absolute Gasteiger partial charge is 0.472 e. The first-order valence-electron chi connectivity index (χ1n) is 13.0. The van der Waals surface area contributed by atoms with Gasteiger partial charge in [0.15, 0.2) is 28.9 Å². The van der Waals surface area contributed by atoms with Crippen molar-refractivity contribution < 1.29 is 47.1 Å². The number of fused-ring (bicyclic) bond motifs is 2. The molecule has 6 heterocycles. The first-order valence-corrected chi connectivity index (χ1v) is 15.8. The number of aliphatic hydroxyl groups is 1. The zero-order valence-electron chi connectivity index (χ0n) is 22.8. The molecule has 2 fully saturated rings. The third-order valence-electron chi connectivity index (χ3n) is 7.42. The van der Waals surface area contributed by atoms with Gasteiger partial charge in [-0.2, -0.15) is 4.98 Å². The maximum atomic E-state index is 13.2. The number of anilines is 2. The number of nitrogens with zero attached hydrogens (tertiary/aromatic N) is 7. The number of nitrogens with two attached hydrogens (primary N) is 2. The second-order valence-electron chi connectivity index (χ2n) is 10.3. The van der Waals surface area contributed by atoms with E-state index < -0.39 is 71.0 Å². The van der Waals surface area contributed by atoms with Gasteiger partial charge < -0.3 is 44.9 Å². The molecular formula is C21H28N10O11P2. The van der Waals surface area contributed by atoms with Crippen LogP contribution in [-0.2, 0) is 37.7 Å². The van der Waals surface area contributed by atoms with Crippen LogP contribution in [0.4, 0.5) is 11.8 Å². The number of aromatic nitrogens is 8. The number of aliphatic hydroxyl groups excluding tert-OH is 1. The third kappa shape index (κ3) is 5.51. The van der Waals surface area contributed by atoms with E-state index in [2.05, 4.69) is 29.9 Å². The van der Waals surface area contributed by atoms with Crippen LogP contribution in [0.3, 0.4) is 0 Å². The average Bonchev–Trinajstić information content (AvgIpc) is 3.73. The highest BCUT2D eigenvalue weighted by Gasteiger charge is 2.52. The van der Waals surface area contributed by atoms with E-state index in [-0.39, 0.29) is 36.0 Å². The Morgan fingerprint density at radius 2 is 2.00 bits per heavy atom. The van der Waals surface area contributed by atoms with E-state index in [9.17, 15) is 28.8 Å². The lowest BCUT2D eigenvalue weighted by Gasteiger charge is -2.32. The fourth-order valence-electron chi connectivity index (χ4n) is 5.40. The van der Waals surface area contributed by atoms with Gasteiger partial charge in [0.05, 0.1) is 44.1 Å². The second kappa shape index (κ2) is 11.5. The van der Waals surface area contributed by atoms with Gasteiger partial charge in [0.25, 0.3) is 5.56 Å². The number of nitrogen functional groups attached to an aromatic ring is 2. The summed E-state index contributed by atoms with van der Waals surface area (Å²) in [4.78, 5) is 55.3. The normalized spacial score (nSPS) is 29.4. The highest BCUT2D eigenvalue weighted by atomic mass is 31.2. The minimum Gasteiger partial charge on any atom is -0.394 e. The van der Waals surface area contributed by atoms with Gasteiger partial charge in [-0.15, -0.1) is 0 Å². The van der Waals surface area contributed by atoms with E-state index in [1.807, 2.05) is 0 Å². The molecule has 0 saturated carbocycles. The maximum absolute atomic E-state index is 13.2. The minimum absolute atomic E-state index is 0.0223. The van der Waals surface area contributed by atoms with Crippen LogP contribution in [-0.4, -0.2) is 98.2 Å². The van der Waals surface area contributed by atoms with Crippen molar-refractivity contribution in [3.63, 3.8) is 0 Å². The molecule has 238 valence electrons. The molecule has 0 amide bonds. The fraction of sp³-hybridized carbons (Fsp3) is 0.524. The topological polar surface area (TPSA) is 300 Å². The van der Waals surface area contributed by atoms with E-state index in [4.69, 9.17) is 34.5 Å². The molecule has 21 nitrogen and oxygen atoms in total. The SMILES string of the molecule is C[C@]1(n2cnc3c(N)ncnc32)CO[C@H](COP(=O)(O)O[C@@H]2C[C@@H](CO)O[C@H]2n2cnc3c(=O)[nH]c(N)nc32)[C@H]1O[PH](=O)O. The van der Waals surface area contributed by atoms with Crippen molar-refractivity contribution in [1.29, 1.82) is 0 Å². The number of hydrogen-bond acceptors (Lipinski definition) is 16. The van der Waals surface area contributed by atoms with Gasteiger partial charge in [0.2, 0.25) is 5.95 Å². The van der Waals surface area contributed by atoms with E-state index in [0.29, 0.717) is 11.2 Å². The van der Waals surface area contributed by atoms with Gasteiger partial charge >= 0.3 is 16.1 Å². The molecule has 0 spiro atoms. The first-order chi connectivity index (χ1) is 20.9. The Morgan fingerprint density at radius 3 is 2.75 bits per heavy atom. The number of aromatic amines is 1. The van der Waals surface area contributed by atoms with E-state index >= 15 is 0 Å². The van der Waals surface area contributed by atoms with Gasteiger partial charge in [-0.3, -0.25) is 28.0 Å². The minimum atomic E-state index is -4.89. The molecule has 2 unspecified atom stereocenters. The molecule has 2 aliphatic heterocycles. The van der Waals surface area contributed by atoms with Crippen molar-refractivity contribution in [2.75, 3.05) is 31.3 Å². The number of nitrogens with one attached hydrogen (secondary N) is 1. The van der Waals surface area contributed by atoms with Crippen molar-refractivity contribution in [3.05, 3.63) is 29.3 Å². The number of imidazole rings is 2. The van der Waals surface area contributed by atoms with Crippen LogP contribution in [0.25, 0.3) is 22.3 Å². The van der Waals surface area contributed by atoms with Crippen LogP contribution in [0, 0.1) is 0 Å². The van der Waals surface area contributed by atoms with Gasteiger partial charge in [-0.1, -0.05) is 0 Å². The number of ether oxygens (including phenoxy) is 2. The van der Waals surface area contributed by atoms with Crippen LogP contribution in [0.2, 0.25) is 0 Å². The quantitative estimate of drug-likeness (QED) is 0.109. The lowest BCUT2D eigenvalue weighted by Crippen LogP contribution is -2.45. The van der Waals surface area contributed by atoms with Crippen molar-refractivity contribution in [2.24, 2.45) is 0 Å². The Kier molecular flexibility index (Phi) is 8.03. The van der Waals surface area contributed by atoms with Crippen LogP contribution in [0.5, 0.6) is 0 Å². The number of H-pyrrole nitrogens is 1. The van der Waals surface area contributed by atoms with Crippen molar-refractivity contribution in [1.82, 2.24) is 39.0 Å². The van der Waals surface area contributed by atoms with Crippen LogP contribution < -0.4 is 17.0 Å². The van der Waals surface area contributed by atoms with Crippen LogP contribution in [0.15, 0.2) is 23.8 Å². The summed E-state index contributed by atoms with van der Waals surface area (Å²) in [5.74, 6) is -0.0740. The van der Waals surface area contributed by atoms with Crippen LogP contribution >= 0.6 is 16.1 Å². The summed E-state index contributed by atoms with van der Waals surface area (Å²) in [7, 11) is -8.43. The van der Waals surface area contributed by atoms with Gasteiger partial charge in [-0.25, -0.2) is 24.5 Å². The first kappa shape index (κ1) is 30.7. The summed E-state index contributed by atoms with van der Waals surface area (Å²) < 4.78 is 55.6. The Labute approximate surface area is 246 Å². The molecule has 0 aromatic carbocycles. The predicted molar refractivity (Wildman–Crippen MR) is 148 cm³/mol. The molecule has 6 rings (SSSR count). The highest BCUT2D eigenvalue weighted by molar-refractivity contribution is 7.47. The molecule has 0 aliphatic carbocycles. The van der Waals surface area contributed by atoms with Crippen molar-refractivity contribution >= 4 is 50.2 Å². The molecule has 8 N–H and O–H groups in total. The summed E-state index contributed by atoms with van der Waals surface area (Å²) in [5, 5.41) is 9.70. The molecule has 44 heavy (non-hydrogen) atoms. The number of rotatable bonds is 10. The summed E-state index contributed by atoms with van der Waals surface area (Å²) in [6, 6.07) is 0. The van der Waals surface area contributed by atoms with E-state index in [1.165, 1.54) is 23.5 Å². The molecule has 0 bridgehead atoms. The molecule has 0 radical (unpaired) electrons. The Morgan fingerprint density at radius 1 is 1.23 bits per heavy atom. The molecule has 4 aromatic rings.